The Morgan fingerprint density at radius 1 is 1.31 bits per heavy atom. The van der Waals surface area contributed by atoms with Crippen LogP contribution in [0.25, 0.3) is 0 Å². The number of hydrogen-bond donors (Lipinski definition) is 1. The van der Waals surface area contributed by atoms with Crippen molar-refractivity contribution in [2.24, 2.45) is 0 Å². The minimum atomic E-state index is -0.327. The van der Waals surface area contributed by atoms with Gasteiger partial charge >= 0.3 is 0 Å². The van der Waals surface area contributed by atoms with Crippen molar-refractivity contribution in [2.45, 2.75) is 26.3 Å². The molecule has 3 nitrogen and oxygen atoms in total. The van der Waals surface area contributed by atoms with Crippen LogP contribution < -0.4 is 10.1 Å². The number of halogens is 1. The molecule has 0 aliphatic carbocycles. The predicted molar refractivity (Wildman–Crippen MR) is 59.8 cm³/mol. The first-order valence-electron chi connectivity index (χ1n) is 5.06. The van der Waals surface area contributed by atoms with Gasteiger partial charge in [-0.25, -0.2) is 4.39 Å². The van der Waals surface area contributed by atoms with Crippen LogP contribution in [0.1, 0.15) is 20.8 Å². The topological polar surface area (TPSA) is 38.3 Å². The number of carbonyl (C=O) groups is 1. The molecule has 1 aromatic carbocycles. The van der Waals surface area contributed by atoms with Crippen LogP contribution in [0.3, 0.4) is 0 Å². The highest BCUT2D eigenvalue weighted by atomic mass is 19.1. The first-order valence-corrected chi connectivity index (χ1v) is 5.06. The van der Waals surface area contributed by atoms with E-state index in [9.17, 15) is 9.18 Å². The van der Waals surface area contributed by atoms with Crippen LogP contribution in [0.4, 0.5) is 4.39 Å². The van der Waals surface area contributed by atoms with E-state index in [0.717, 1.165) is 0 Å². The molecule has 0 saturated heterocycles. The largest absolute Gasteiger partial charge is 0.484 e. The molecule has 0 radical (unpaired) electrons. The lowest BCUT2D eigenvalue weighted by Gasteiger charge is -2.20. The summed E-state index contributed by atoms with van der Waals surface area (Å²) in [5.74, 6) is -0.0474. The van der Waals surface area contributed by atoms with Crippen molar-refractivity contribution < 1.29 is 13.9 Å². The molecule has 0 fully saturated rings. The van der Waals surface area contributed by atoms with Gasteiger partial charge in [-0.2, -0.15) is 0 Å². The van der Waals surface area contributed by atoms with Gasteiger partial charge < -0.3 is 10.1 Å². The molecule has 1 rings (SSSR count). The summed E-state index contributed by atoms with van der Waals surface area (Å²) in [6.07, 6.45) is 0. The molecule has 88 valence electrons. The van der Waals surface area contributed by atoms with Crippen LogP contribution >= 0.6 is 0 Å². The Bertz CT molecular complexity index is 354. The Morgan fingerprint density at radius 3 is 2.38 bits per heavy atom. The van der Waals surface area contributed by atoms with Crippen LogP contribution in [0, 0.1) is 5.82 Å². The summed E-state index contributed by atoms with van der Waals surface area (Å²) in [5, 5.41) is 2.76. The minimum absolute atomic E-state index is 0.0666. The summed E-state index contributed by atoms with van der Waals surface area (Å²) in [5.41, 5.74) is -0.275. The van der Waals surface area contributed by atoms with E-state index in [1.807, 2.05) is 20.8 Å². The molecule has 0 unspecified atom stereocenters. The van der Waals surface area contributed by atoms with Crippen molar-refractivity contribution in [3.05, 3.63) is 30.1 Å². The summed E-state index contributed by atoms with van der Waals surface area (Å²) in [6, 6.07) is 5.55. The van der Waals surface area contributed by atoms with Gasteiger partial charge in [0.25, 0.3) is 5.91 Å². The Hall–Kier alpha value is -1.58. The lowest BCUT2D eigenvalue weighted by Crippen LogP contribution is -2.43. The molecule has 4 heteroatoms. The molecule has 0 spiro atoms. The second-order valence-electron chi connectivity index (χ2n) is 4.54. The number of carbonyl (C=O) groups excluding carboxylic acids is 1. The van der Waals surface area contributed by atoms with Crippen molar-refractivity contribution in [1.29, 1.82) is 0 Å². The SMILES string of the molecule is CC(C)(C)NC(=O)COc1ccc(F)cc1. The van der Waals surface area contributed by atoms with Gasteiger partial charge in [-0.3, -0.25) is 4.79 Å². The summed E-state index contributed by atoms with van der Waals surface area (Å²) in [7, 11) is 0. The normalized spacial score (nSPS) is 11.0. The Balaban J connectivity index is 2.40. The van der Waals surface area contributed by atoms with Gasteiger partial charge in [-0.05, 0) is 45.0 Å². The molecule has 0 heterocycles. The van der Waals surface area contributed by atoms with Gasteiger partial charge in [0.05, 0.1) is 0 Å². The highest BCUT2D eigenvalue weighted by molar-refractivity contribution is 5.78. The molecule has 0 aromatic heterocycles. The number of ether oxygens (including phenoxy) is 1. The zero-order valence-corrected chi connectivity index (χ0v) is 9.71. The molecule has 1 N–H and O–H groups in total. The molecular formula is C12H16FNO2. The van der Waals surface area contributed by atoms with Crippen LogP contribution in [0.15, 0.2) is 24.3 Å². The Morgan fingerprint density at radius 2 is 1.88 bits per heavy atom. The second kappa shape index (κ2) is 4.96. The van der Waals surface area contributed by atoms with Crippen LogP contribution in [-0.4, -0.2) is 18.1 Å². The van der Waals surface area contributed by atoms with Crippen molar-refractivity contribution in [1.82, 2.24) is 5.32 Å². The van der Waals surface area contributed by atoms with Gasteiger partial charge in [0.15, 0.2) is 6.61 Å². The molecule has 16 heavy (non-hydrogen) atoms. The quantitative estimate of drug-likeness (QED) is 0.855. The number of rotatable bonds is 3. The summed E-state index contributed by atoms with van der Waals surface area (Å²) in [4.78, 5) is 11.4. The number of hydrogen-bond acceptors (Lipinski definition) is 2. The van der Waals surface area contributed by atoms with Crippen molar-refractivity contribution in [2.75, 3.05) is 6.61 Å². The molecule has 0 saturated carbocycles. The van der Waals surface area contributed by atoms with E-state index >= 15 is 0 Å². The summed E-state index contributed by atoms with van der Waals surface area (Å²) < 4.78 is 17.8. The van der Waals surface area contributed by atoms with E-state index in [-0.39, 0.29) is 23.9 Å². The maximum atomic E-state index is 12.6. The number of nitrogens with one attached hydrogen (secondary N) is 1. The lowest BCUT2D eigenvalue weighted by atomic mass is 10.1. The molecule has 0 aliphatic rings. The van der Waals surface area contributed by atoms with Crippen molar-refractivity contribution >= 4 is 5.91 Å². The molecule has 1 aromatic rings. The van der Waals surface area contributed by atoms with E-state index in [0.29, 0.717) is 5.75 Å². The highest BCUT2D eigenvalue weighted by Gasteiger charge is 2.13. The second-order valence-corrected chi connectivity index (χ2v) is 4.54. The van der Waals surface area contributed by atoms with E-state index in [1.165, 1.54) is 24.3 Å². The number of benzene rings is 1. The first-order chi connectivity index (χ1) is 7.37. The van der Waals surface area contributed by atoms with Gasteiger partial charge in [-0.15, -0.1) is 0 Å². The van der Waals surface area contributed by atoms with Crippen molar-refractivity contribution in [3.63, 3.8) is 0 Å². The first kappa shape index (κ1) is 12.5. The summed E-state index contributed by atoms with van der Waals surface area (Å²) in [6.45, 7) is 5.61. The van der Waals surface area contributed by atoms with Crippen molar-refractivity contribution in [3.8, 4) is 5.75 Å². The lowest BCUT2D eigenvalue weighted by molar-refractivity contribution is -0.124. The van der Waals surface area contributed by atoms with Crippen LogP contribution in [0.5, 0.6) is 5.75 Å². The Labute approximate surface area is 94.6 Å². The molecular weight excluding hydrogens is 209 g/mol. The van der Waals surface area contributed by atoms with E-state index in [1.54, 1.807) is 0 Å². The van der Waals surface area contributed by atoms with Gasteiger partial charge in [-0.1, -0.05) is 0 Å². The Kier molecular flexibility index (Phi) is 3.88. The maximum absolute atomic E-state index is 12.6. The third kappa shape index (κ3) is 4.77. The molecule has 0 aliphatic heterocycles. The van der Waals surface area contributed by atoms with E-state index in [2.05, 4.69) is 5.32 Å². The standard InChI is InChI=1S/C12H16FNO2/c1-12(2,3)14-11(15)8-16-10-6-4-9(13)5-7-10/h4-7H,8H2,1-3H3,(H,14,15). The monoisotopic (exact) mass is 225 g/mol. The highest BCUT2D eigenvalue weighted by Crippen LogP contribution is 2.10. The average Bonchev–Trinajstić information content (AvgIpc) is 2.14. The van der Waals surface area contributed by atoms with Crippen LogP contribution in [0.2, 0.25) is 0 Å². The summed E-state index contributed by atoms with van der Waals surface area (Å²) >= 11 is 0. The average molecular weight is 225 g/mol. The maximum Gasteiger partial charge on any atom is 0.258 e. The van der Waals surface area contributed by atoms with Gasteiger partial charge in [0.2, 0.25) is 0 Å². The fourth-order valence-corrected chi connectivity index (χ4v) is 1.13. The van der Waals surface area contributed by atoms with E-state index in [4.69, 9.17) is 4.74 Å². The smallest absolute Gasteiger partial charge is 0.258 e. The van der Waals surface area contributed by atoms with E-state index < -0.39 is 0 Å². The van der Waals surface area contributed by atoms with Gasteiger partial charge in [0, 0.05) is 5.54 Å². The minimum Gasteiger partial charge on any atom is -0.484 e. The number of amides is 1. The molecule has 0 bridgehead atoms. The zero-order valence-electron chi connectivity index (χ0n) is 9.71. The fraction of sp³-hybridized carbons (Fsp3) is 0.417. The zero-order chi connectivity index (χ0) is 12.2. The van der Waals surface area contributed by atoms with Crippen LogP contribution in [-0.2, 0) is 4.79 Å². The third-order valence-corrected chi connectivity index (χ3v) is 1.70. The predicted octanol–water partition coefficient (Wildman–Crippen LogP) is 2.12. The van der Waals surface area contributed by atoms with Gasteiger partial charge in [0.1, 0.15) is 11.6 Å². The molecule has 1 amide bonds. The molecule has 0 atom stereocenters. The third-order valence-electron chi connectivity index (χ3n) is 1.70. The fourth-order valence-electron chi connectivity index (χ4n) is 1.13.